The molecule has 5 heteroatoms. The molecule has 2 atom stereocenters. The second-order valence-electron chi connectivity index (χ2n) is 6.25. The summed E-state index contributed by atoms with van der Waals surface area (Å²) < 4.78 is 16.4. The molecule has 0 radical (unpaired) electrons. The van der Waals surface area contributed by atoms with Gasteiger partial charge in [-0.2, -0.15) is 0 Å². The first-order chi connectivity index (χ1) is 11.6. The molecule has 1 heterocycles. The molecule has 1 aromatic heterocycles. The zero-order valence-corrected chi connectivity index (χ0v) is 14.4. The molecule has 128 valence electrons. The van der Waals surface area contributed by atoms with Crippen molar-refractivity contribution in [2.24, 2.45) is 0 Å². The maximum atomic E-state index is 12.7. The van der Waals surface area contributed by atoms with Crippen molar-refractivity contribution in [3.05, 3.63) is 35.5 Å². The molecule has 1 fully saturated rings. The van der Waals surface area contributed by atoms with Gasteiger partial charge in [0.1, 0.15) is 11.9 Å². The summed E-state index contributed by atoms with van der Waals surface area (Å²) in [7, 11) is 3.31. The van der Waals surface area contributed by atoms with Crippen LogP contribution in [-0.4, -0.2) is 37.4 Å². The van der Waals surface area contributed by atoms with Crippen LogP contribution < -0.4 is 4.74 Å². The number of carbonyl (C=O) groups is 1. The molecule has 0 N–H and O–H groups in total. The van der Waals surface area contributed by atoms with Crippen LogP contribution in [0, 0.1) is 6.92 Å². The number of hydrogen-bond acceptors (Lipinski definition) is 5. The third kappa shape index (κ3) is 3.51. The molecule has 0 spiro atoms. The van der Waals surface area contributed by atoms with E-state index in [1.807, 2.05) is 25.1 Å². The van der Waals surface area contributed by atoms with E-state index in [4.69, 9.17) is 14.2 Å². The summed E-state index contributed by atoms with van der Waals surface area (Å²) in [6, 6.07) is 7.31. The summed E-state index contributed by atoms with van der Waals surface area (Å²) in [5.74, 6) is 0.389. The average Bonchev–Trinajstić information content (AvgIpc) is 2.60. The number of fused-ring (bicyclic) bond motifs is 1. The summed E-state index contributed by atoms with van der Waals surface area (Å²) in [5.41, 5.74) is 2.09. The Balaban J connectivity index is 1.88. The highest BCUT2D eigenvalue weighted by Crippen LogP contribution is 2.27. The first-order valence-electron chi connectivity index (χ1n) is 8.30. The van der Waals surface area contributed by atoms with Crippen LogP contribution in [0.15, 0.2) is 24.3 Å². The molecule has 0 saturated heterocycles. The van der Waals surface area contributed by atoms with Gasteiger partial charge in [0.25, 0.3) is 0 Å². The number of esters is 1. The fourth-order valence-electron chi connectivity index (χ4n) is 3.27. The van der Waals surface area contributed by atoms with Crippen LogP contribution in [0.4, 0.5) is 0 Å². The summed E-state index contributed by atoms with van der Waals surface area (Å²) >= 11 is 0. The minimum absolute atomic E-state index is 0.0923. The monoisotopic (exact) mass is 329 g/mol. The van der Waals surface area contributed by atoms with Crippen LogP contribution in [0.3, 0.4) is 0 Å². The lowest BCUT2D eigenvalue weighted by molar-refractivity contribution is -0.0148. The van der Waals surface area contributed by atoms with Gasteiger partial charge in [0.15, 0.2) is 0 Å². The second kappa shape index (κ2) is 7.18. The summed E-state index contributed by atoms with van der Waals surface area (Å²) in [6.07, 6.45) is 3.77. The van der Waals surface area contributed by atoms with E-state index in [1.54, 1.807) is 20.3 Å². The zero-order chi connectivity index (χ0) is 17.1. The number of ether oxygens (including phenoxy) is 3. The molecule has 3 rings (SSSR count). The van der Waals surface area contributed by atoms with E-state index in [0.717, 1.165) is 42.3 Å². The first kappa shape index (κ1) is 16.7. The van der Waals surface area contributed by atoms with Crippen molar-refractivity contribution in [1.82, 2.24) is 4.98 Å². The Kier molecular flexibility index (Phi) is 5.00. The van der Waals surface area contributed by atoms with Gasteiger partial charge in [0, 0.05) is 24.6 Å². The lowest BCUT2D eigenvalue weighted by Crippen LogP contribution is -2.29. The van der Waals surface area contributed by atoms with E-state index in [9.17, 15) is 4.79 Å². The smallest absolute Gasteiger partial charge is 0.339 e. The van der Waals surface area contributed by atoms with E-state index in [-0.39, 0.29) is 18.2 Å². The van der Waals surface area contributed by atoms with Crippen LogP contribution in [-0.2, 0) is 9.47 Å². The van der Waals surface area contributed by atoms with Gasteiger partial charge in [0.05, 0.1) is 24.3 Å². The van der Waals surface area contributed by atoms with Gasteiger partial charge in [0.2, 0.25) is 0 Å². The number of methoxy groups -OCH3 is 2. The number of rotatable bonds is 4. The van der Waals surface area contributed by atoms with Crippen molar-refractivity contribution in [3.8, 4) is 5.75 Å². The Morgan fingerprint density at radius 2 is 1.96 bits per heavy atom. The number of carbonyl (C=O) groups excluding carboxylic acids is 1. The molecule has 0 bridgehead atoms. The normalized spacial score (nSPS) is 20.8. The van der Waals surface area contributed by atoms with E-state index in [1.165, 1.54) is 0 Å². The van der Waals surface area contributed by atoms with Crippen molar-refractivity contribution in [2.45, 2.75) is 44.8 Å². The number of pyridine rings is 1. The van der Waals surface area contributed by atoms with Crippen molar-refractivity contribution in [3.63, 3.8) is 0 Å². The SMILES string of the molecule is COc1ccc2nc(C)cc(C(=O)OC3CCCC(OC)C3)c2c1. The third-order valence-corrected chi connectivity index (χ3v) is 4.55. The van der Waals surface area contributed by atoms with Crippen LogP contribution in [0.2, 0.25) is 0 Å². The topological polar surface area (TPSA) is 57.7 Å². The molecule has 1 saturated carbocycles. The van der Waals surface area contributed by atoms with Crippen LogP contribution in [0.25, 0.3) is 10.9 Å². The summed E-state index contributed by atoms with van der Waals surface area (Å²) in [5, 5.41) is 0.754. The Labute approximate surface area is 141 Å². The Morgan fingerprint density at radius 1 is 1.17 bits per heavy atom. The Morgan fingerprint density at radius 3 is 2.71 bits per heavy atom. The summed E-state index contributed by atoms with van der Waals surface area (Å²) in [6.45, 7) is 1.88. The van der Waals surface area contributed by atoms with Crippen LogP contribution >= 0.6 is 0 Å². The number of benzene rings is 1. The van der Waals surface area contributed by atoms with Gasteiger partial charge in [-0.15, -0.1) is 0 Å². The van der Waals surface area contributed by atoms with Gasteiger partial charge in [-0.25, -0.2) is 4.79 Å². The van der Waals surface area contributed by atoms with Crippen molar-refractivity contribution >= 4 is 16.9 Å². The van der Waals surface area contributed by atoms with Crippen molar-refractivity contribution in [2.75, 3.05) is 14.2 Å². The molecule has 1 aliphatic rings. The van der Waals surface area contributed by atoms with Gasteiger partial charge in [-0.3, -0.25) is 4.98 Å². The highest BCUT2D eigenvalue weighted by Gasteiger charge is 2.26. The molecular weight excluding hydrogens is 306 g/mol. The molecule has 5 nitrogen and oxygen atoms in total. The highest BCUT2D eigenvalue weighted by molar-refractivity contribution is 6.04. The second-order valence-corrected chi connectivity index (χ2v) is 6.25. The molecule has 2 aromatic rings. The molecular formula is C19H23NO4. The fourth-order valence-corrected chi connectivity index (χ4v) is 3.27. The van der Waals surface area contributed by atoms with Crippen LogP contribution in [0.1, 0.15) is 41.7 Å². The molecule has 1 aromatic carbocycles. The number of aryl methyl sites for hydroxylation is 1. The number of nitrogens with zero attached hydrogens (tertiary/aromatic N) is 1. The Hall–Kier alpha value is -2.14. The van der Waals surface area contributed by atoms with Gasteiger partial charge in [-0.1, -0.05) is 0 Å². The maximum absolute atomic E-state index is 12.7. The molecule has 0 aliphatic heterocycles. The van der Waals surface area contributed by atoms with E-state index in [2.05, 4.69) is 4.98 Å². The number of hydrogen-bond donors (Lipinski definition) is 0. The zero-order valence-electron chi connectivity index (χ0n) is 14.4. The summed E-state index contributed by atoms with van der Waals surface area (Å²) in [4.78, 5) is 17.2. The van der Waals surface area contributed by atoms with E-state index < -0.39 is 0 Å². The molecule has 24 heavy (non-hydrogen) atoms. The number of aromatic nitrogens is 1. The minimum Gasteiger partial charge on any atom is -0.497 e. The van der Waals surface area contributed by atoms with Gasteiger partial charge < -0.3 is 14.2 Å². The quantitative estimate of drug-likeness (QED) is 0.801. The Bertz CT molecular complexity index is 743. The average molecular weight is 329 g/mol. The molecule has 0 amide bonds. The van der Waals surface area contributed by atoms with E-state index in [0.29, 0.717) is 11.3 Å². The maximum Gasteiger partial charge on any atom is 0.339 e. The largest absolute Gasteiger partial charge is 0.497 e. The lowest BCUT2D eigenvalue weighted by Gasteiger charge is -2.28. The predicted octanol–water partition coefficient (Wildman–Crippen LogP) is 3.67. The minimum atomic E-state index is -0.305. The first-order valence-corrected chi connectivity index (χ1v) is 8.30. The fraction of sp³-hybridized carbons (Fsp3) is 0.474. The lowest BCUT2D eigenvalue weighted by atomic mass is 9.95. The van der Waals surface area contributed by atoms with Gasteiger partial charge in [-0.05, 0) is 50.5 Å². The van der Waals surface area contributed by atoms with Gasteiger partial charge >= 0.3 is 5.97 Å². The van der Waals surface area contributed by atoms with Crippen LogP contribution in [0.5, 0.6) is 5.75 Å². The molecule has 1 aliphatic carbocycles. The van der Waals surface area contributed by atoms with Crippen molar-refractivity contribution in [1.29, 1.82) is 0 Å². The van der Waals surface area contributed by atoms with Crippen molar-refractivity contribution < 1.29 is 19.0 Å². The standard InChI is InChI=1S/C19H23NO4/c1-12-9-17(16-11-14(23-3)7-8-18(16)20-12)19(21)24-15-6-4-5-13(10-15)22-2/h7-9,11,13,15H,4-6,10H2,1-3H3. The molecule has 2 unspecified atom stereocenters. The predicted molar refractivity (Wildman–Crippen MR) is 91.5 cm³/mol. The highest BCUT2D eigenvalue weighted by atomic mass is 16.5. The third-order valence-electron chi connectivity index (χ3n) is 4.55. The van der Waals surface area contributed by atoms with E-state index >= 15 is 0 Å².